The molecule has 2 atom stereocenters. The zero-order valence-electron chi connectivity index (χ0n) is 12.2. The molecule has 1 aliphatic rings. The number of benzene rings is 1. The van der Waals surface area contributed by atoms with E-state index in [4.69, 9.17) is 9.47 Å². The van der Waals surface area contributed by atoms with Gasteiger partial charge in [-0.1, -0.05) is 30.3 Å². The monoisotopic (exact) mass is 277 g/mol. The molecule has 110 valence electrons. The van der Waals surface area contributed by atoms with Gasteiger partial charge in [-0.05, 0) is 12.5 Å². The zero-order chi connectivity index (χ0) is 14.4. The van der Waals surface area contributed by atoms with Crippen molar-refractivity contribution >= 4 is 5.97 Å². The topological polar surface area (TPSA) is 38.8 Å². The molecule has 2 rings (SSSR count). The molecule has 0 radical (unpaired) electrons. The van der Waals surface area contributed by atoms with E-state index in [2.05, 4.69) is 17.0 Å². The number of hydrogen-bond acceptors (Lipinski definition) is 4. The zero-order valence-corrected chi connectivity index (χ0v) is 12.2. The smallest absolute Gasteiger partial charge is 0.310 e. The summed E-state index contributed by atoms with van der Waals surface area (Å²) in [6, 6.07) is 10.3. The third-order valence-corrected chi connectivity index (χ3v) is 3.74. The number of carbonyl (C=O) groups is 1. The van der Waals surface area contributed by atoms with E-state index < -0.39 is 0 Å². The Morgan fingerprint density at radius 3 is 2.70 bits per heavy atom. The largest absolute Gasteiger partial charge is 0.466 e. The van der Waals surface area contributed by atoms with Crippen LogP contribution < -0.4 is 0 Å². The Bertz CT molecular complexity index is 421. The molecule has 1 aromatic carbocycles. The third kappa shape index (κ3) is 3.81. The first-order valence-corrected chi connectivity index (χ1v) is 7.16. The number of likely N-dealkylation sites (tertiary alicyclic amines) is 1. The molecule has 0 N–H and O–H groups in total. The molecule has 0 bridgehead atoms. The van der Waals surface area contributed by atoms with Crippen molar-refractivity contribution in [2.75, 3.05) is 33.4 Å². The van der Waals surface area contributed by atoms with Crippen LogP contribution in [0.1, 0.15) is 12.5 Å². The highest BCUT2D eigenvalue weighted by atomic mass is 16.5. The van der Waals surface area contributed by atoms with Crippen molar-refractivity contribution in [3.8, 4) is 0 Å². The summed E-state index contributed by atoms with van der Waals surface area (Å²) in [4.78, 5) is 14.3. The average molecular weight is 277 g/mol. The van der Waals surface area contributed by atoms with Gasteiger partial charge in [0.25, 0.3) is 0 Å². The van der Waals surface area contributed by atoms with Crippen LogP contribution in [0.25, 0.3) is 0 Å². The molecule has 1 saturated heterocycles. The number of hydrogen-bond donors (Lipinski definition) is 0. The van der Waals surface area contributed by atoms with Crippen LogP contribution in [0, 0.1) is 11.8 Å². The van der Waals surface area contributed by atoms with Gasteiger partial charge in [0.2, 0.25) is 0 Å². The van der Waals surface area contributed by atoms with Crippen molar-refractivity contribution in [3.05, 3.63) is 35.9 Å². The predicted molar refractivity (Wildman–Crippen MR) is 77.2 cm³/mol. The Morgan fingerprint density at radius 1 is 1.30 bits per heavy atom. The molecule has 1 heterocycles. The van der Waals surface area contributed by atoms with Gasteiger partial charge in [0, 0.05) is 32.7 Å². The SMILES string of the molecule is CCOC(=O)[C@@H]1CN(Cc2ccccc2)C[C@H]1COC. The lowest BCUT2D eigenvalue weighted by atomic mass is 9.97. The lowest BCUT2D eigenvalue weighted by Crippen LogP contribution is -2.27. The summed E-state index contributed by atoms with van der Waals surface area (Å²) in [7, 11) is 1.68. The molecule has 0 aromatic heterocycles. The number of nitrogens with zero attached hydrogens (tertiary/aromatic N) is 1. The highest BCUT2D eigenvalue weighted by Gasteiger charge is 2.38. The molecule has 0 aliphatic carbocycles. The minimum Gasteiger partial charge on any atom is -0.466 e. The van der Waals surface area contributed by atoms with Crippen molar-refractivity contribution < 1.29 is 14.3 Å². The molecule has 0 amide bonds. The average Bonchev–Trinajstić information content (AvgIpc) is 2.83. The second kappa shape index (κ2) is 7.41. The van der Waals surface area contributed by atoms with E-state index in [1.807, 2.05) is 25.1 Å². The van der Waals surface area contributed by atoms with E-state index in [1.54, 1.807) is 7.11 Å². The Balaban J connectivity index is 1.98. The molecule has 1 aromatic rings. The van der Waals surface area contributed by atoms with Gasteiger partial charge in [0.05, 0.1) is 19.1 Å². The van der Waals surface area contributed by atoms with Crippen LogP contribution in [0.3, 0.4) is 0 Å². The summed E-state index contributed by atoms with van der Waals surface area (Å²) in [5.41, 5.74) is 1.27. The summed E-state index contributed by atoms with van der Waals surface area (Å²) < 4.78 is 10.4. The van der Waals surface area contributed by atoms with Crippen LogP contribution >= 0.6 is 0 Å². The van der Waals surface area contributed by atoms with Crippen molar-refractivity contribution in [2.24, 2.45) is 11.8 Å². The highest BCUT2D eigenvalue weighted by Crippen LogP contribution is 2.26. The molecule has 0 spiro atoms. The van der Waals surface area contributed by atoms with Crippen LogP contribution in [-0.2, 0) is 20.8 Å². The van der Waals surface area contributed by atoms with Gasteiger partial charge in [-0.3, -0.25) is 9.69 Å². The molecule has 0 saturated carbocycles. The summed E-state index contributed by atoms with van der Waals surface area (Å²) in [6.45, 7) is 5.40. The fraction of sp³-hybridized carbons (Fsp3) is 0.562. The fourth-order valence-corrected chi connectivity index (χ4v) is 2.83. The molecule has 4 nitrogen and oxygen atoms in total. The first kappa shape index (κ1) is 15.0. The molecular formula is C16H23NO3. The van der Waals surface area contributed by atoms with Gasteiger partial charge in [0.15, 0.2) is 0 Å². The molecule has 1 aliphatic heterocycles. The second-order valence-electron chi connectivity index (χ2n) is 5.25. The Labute approximate surface area is 120 Å². The Kier molecular flexibility index (Phi) is 5.56. The highest BCUT2D eigenvalue weighted by molar-refractivity contribution is 5.73. The molecule has 0 unspecified atom stereocenters. The number of carbonyl (C=O) groups excluding carboxylic acids is 1. The molecule has 20 heavy (non-hydrogen) atoms. The molecular weight excluding hydrogens is 254 g/mol. The van der Waals surface area contributed by atoms with Crippen LogP contribution in [0.5, 0.6) is 0 Å². The van der Waals surface area contributed by atoms with E-state index >= 15 is 0 Å². The summed E-state index contributed by atoms with van der Waals surface area (Å²) in [5.74, 6) is 0.0616. The number of ether oxygens (including phenoxy) is 2. The Hall–Kier alpha value is -1.39. The fourth-order valence-electron chi connectivity index (χ4n) is 2.83. The molecule has 1 fully saturated rings. The van der Waals surface area contributed by atoms with Gasteiger partial charge >= 0.3 is 5.97 Å². The van der Waals surface area contributed by atoms with Crippen molar-refractivity contribution in [1.29, 1.82) is 0 Å². The maximum Gasteiger partial charge on any atom is 0.310 e. The quantitative estimate of drug-likeness (QED) is 0.745. The van der Waals surface area contributed by atoms with Gasteiger partial charge in [-0.15, -0.1) is 0 Å². The number of methoxy groups -OCH3 is 1. The van der Waals surface area contributed by atoms with Crippen LogP contribution in [-0.4, -0.2) is 44.3 Å². The van der Waals surface area contributed by atoms with Crippen molar-refractivity contribution in [1.82, 2.24) is 4.90 Å². The standard InChI is InChI=1S/C16H23NO3/c1-3-20-16(18)15-11-17(10-14(15)12-19-2)9-13-7-5-4-6-8-13/h4-8,14-15H,3,9-12H2,1-2H3/t14-,15+/m0/s1. The lowest BCUT2D eigenvalue weighted by molar-refractivity contribution is -0.149. The first-order chi connectivity index (χ1) is 9.74. The van der Waals surface area contributed by atoms with Crippen LogP contribution in [0.15, 0.2) is 30.3 Å². The van der Waals surface area contributed by atoms with Gasteiger partial charge in [0.1, 0.15) is 0 Å². The normalized spacial score (nSPS) is 22.9. The molecule has 4 heteroatoms. The van der Waals surface area contributed by atoms with Crippen LogP contribution in [0.4, 0.5) is 0 Å². The van der Waals surface area contributed by atoms with E-state index in [0.717, 1.165) is 19.6 Å². The predicted octanol–water partition coefficient (Wildman–Crippen LogP) is 1.94. The summed E-state index contributed by atoms with van der Waals surface area (Å²) >= 11 is 0. The van der Waals surface area contributed by atoms with Gasteiger partial charge in [-0.2, -0.15) is 0 Å². The minimum absolute atomic E-state index is 0.0707. The van der Waals surface area contributed by atoms with Gasteiger partial charge in [-0.25, -0.2) is 0 Å². The van der Waals surface area contributed by atoms with Crippen molar-refractivity contribution in [3.63, 3.8) is 0 Å². The second-order valence-corrected chi connectivity index (χ2v) is 5.25. The van der Waals surface area contributed by atoms with Crippen LogP contribution in [0.2, 0.25) is 0 Å². The summed E-state index contributed by atoms with van der Waals surface area (Å²) in [5, 5.41) is 0. The maximum atomic E-state index is 12.0. The van der Waals surface area contributed by atoms with E-state index in [9.17, 15) is 4.79 Å². The number of esters is 1. The van der Waals surface area contributed by atoms with E-state index in [-0.39, 0.29) is 17.8 Å². The number of rotatable bonds is 6. The van der Waals surface area contributed by atoms with E-state index in [1.165, 1.54) is 5.56 Å². The lowest BCUT2D eigenvalue weighted by Gasteiger charge is -2.15. The first-order valence-electron chi connectivity index (χ1n) is 7.16. The third-order valence-electron chi connectivity index (χ3n) is 3.74. The Morgan fingerprint density at radius 2 is 2.05 bits per heavy atom. The maximum absolute atomic E-state index is 12.0. The van der Waals surface area contributed by atoms with Gasteiger partial charge < -0.3 is 9.47 Å². The van der Waals surface area contributed by atoms with Crippen molar-refractivity contribution in [2.45, 2.75) is 13.5 Å². The van der Waals surface area contributed by atoms with E-state index in [0.29, 0.717) is 13.2 Å². The minimum atomic E-state index is -0.0925. The summed E-state index contributed by atoms with van der Waals surface area (Å²) in [6.07, 6.45) is 0.